The summed E-state index contributed by atoms with van der Waals surface area (Å²) in [5.41, 5.74) is 2.02. The van der Waals surface area contributed by atoms with Crippen molar-refractivity contribution in [3.63, 3.8) is 0 Å². The molecule has 3 aromatic rings. The molecule has 3 amide bonds. The summed E-state index contributed by atoms with van der Waals surface area (Å²) in [6.07, 6.45) is 11.5. The van der Waals surface area contributed by atoms with Crippen molar-refractivity contribution in [2.24, 2.45) is 0 Å². The molecule has 10 heteroatoms. The van der Waals surface area contributed by atoms with Crippen LogP contribution in [0, 0.1) is 29.6 Å². The summed E-state index contributed by atoms with van der Waals surface area (Å²) < 4.78 is 6.13. The quantitative estimate of drug-likeness (QED) is 0.0850. The molecule has 0 aromatic heterocycles. The normalized spacial score (nSPS) is 11.2. The lowest BCUT2D eigenvalue weighted by Gasteiger charge is -2.20. The van der Waals surface area contributed by atoms with E-state index in [0.717, 1.165) is 24.8 Å². The van der Waals surface area contributed by atoms with Crippen LogP contribution in [-0.2, 0) is 4.79 Å². The summed E-state index contributed by atoms with van der Waals surface area (Å²) in [7, 11) is 0. The molecule has 0 bridgehead atoms. The van der Waals surface area contributed by atoms with Crippen LogP contribution in [0.4, 0.5) is 21.9 Å². The Morgan fingerprint density at radius 1 is 0.804 bits per heavy atom. The number of phenolic OH excluding ortho intramolecular Hbond substituents is 1. The van der Waals surface area contributed by atoms with Gasteiger partial charge in [0.2, 0.25) is 0 Å². The van der Waals surface area contributed by atoms with Crippen LogP contribution in [0.25, 0.3) is 0 Å². The van der Waals surface area contributed by atoms with Crippen molar-refractivity contribution >= 4 is 40.6 Å². The first-order chi connectivity index (χ1) is 22.2. The van der Waals surface area contributed by atoms with Gasteiger partial charge in [-0.3, -0.25) is 4.79 Å². The second-order valence-electron chi connectivity index (χ2n) is 11.3. The number of urea groups is 1. The lowest BCUT2D eigenvalue weighted by molar-refractivity contribution is -0.123. The molecular weight excluding hydrogens is 602 g/mol. The summed E-state index contributed by atoms with van der Waals surface area (Å²) in [4.78, 5) is 25.9. The molecule has 1 unspecified atom stereocenters. The summed E-state index contributed by atoms with van der Waals surface area (Å²) in [5.74, 6) is -0.202. The van der Waals surface area contributed by atoms with E-state index in [1.807, 2.05) is 25.1 Å². The molecule has 0 fully saturated rings. The van der Waals surface area contributed by atoms with Crippen LogP contribution < -0.4 is 20.7 Å². The van der Waals surface area contributed by atoms with E-state index in [0.29, 0.717) is 28.6 Å². The molecule has 0 spiro atoms. The second-order valence-corrected chi connectivity index (χ2v) is 11.7. The molecule has 3 rings (SSSR count). The number of amides is 3. The van der Waals surface area contributed by atoms with Crippen LogP contribution in [0.5, 0.6) is 11.5 Å². The first-order valence-electron chi connectivity index (χ1n) is 15.8. The molecule has 3 aromatic carbocycles. The van der Waals surface area contributed by atoms with E-state index >= 15 is 0 Å². The highest BCUT2D eigenvalue weighted by atomic mass is 35.5. The number of hydrogen-bond donors (Lipinski definition) is 4. The minimum Gasteiger partial charge on any atom is -0.506 e. The Balaban J connectivity index is 1.59. The minimum atomic E-state index is -0.801. The zero-order valence-electron chi connectivity index (χ0n) is 26.5. The molecule has 0 radical (unpaired) electrons. The van der Waals surface area contributed by atoms with Gasteiger partial charge in [-0.1, -0.05) is 82.4 Å². The van der Waals surface area contributed by atoms with Gasteiger partial charge in [-0.2, -0.15) is 10.5 Å². The van der Waals surface area contributed by atoms with Crippen LogP contribution >= 0.6 is 11.6 Å². The molecule has 4 N–H and O–H groups in total. The lowest BCUT2D eigenvalue weighted by atomic mass is 10.0. The Morgan fingerprint density at radius 2 is 1.43 bits per heavy atom. The first kappa shape index (κ1) is 35.7. The third-order valence-electron chi connectivity index (χ3n) is 7.50. The fourth-order valence-electron chi connectivity index (χ4n) is 4.95. The number of halogens is 1. The number of nitrogens with one attached hydrogen (secondary N) is 3. The highest BCUT2D eigenvalue weighted by Gasteiger charge is 2.22. The second kappa shape index (κ2) is 18.9. The van der Waals surface area contributed by atoms with Crippen LogP contribution in [0.1, 0.15) is 94.2 Å². The van der Waals surface area contributed by atoms with Crippen molar-refractivity contribution in [1.29, 1.82) is 10.5 Å². The molecule has 0 saturated carbocycles. The van der Waals surface area contributed by atoms with Crippen molar-refractivity contribution in [3.8, 4) is 23.6 Å². The predicted octanol–water partition coefficient (Wildman–Crippen LogP) is 9.44. The van der Waals surface area contributed by atoms with Gasteiger partial charge in [-0.25, -0.2) is 4.79 Å². The highest BCUT2D eigenvalue weighted by molar-refractivity contribution is 6.32. The van der Waals surface area contributed by atoms with Gasteiger partial charge in [0.05, 0.1) is 21.8 Å². The zero-order valence-corrected chi connectivity index (χ0v) is 27.3. The van der Waals surface area contributed by atoms with Crippen molar-refractivity contribution < 1.29 is 19.4 Å². The number of phenols is 1. The van der Waals surface area contributed by atoms with E-state index in [1.165, 1.54) is 75.3 Å². The number of rotatable bonds is 17. The van der Waals surface area contributed by atoms with E-state index in [-0.39, 0.29) is 28.5 Å². The Labute approximate surface area is 276 Å². The number of nitrogens with zero attached hydrogens (tertiary/aromatic N) is 2. The van der Waals surface area contributed by atoms with Gasteiger partial charge in [0.1, 0.15) is 23.6 Å². The summed E-state index contributed by atoms with van der Waals surface area (Å²) >= 11 is 6.37. The number of carbonyl (C=O) groups is 2. The maximum absolute atomic E-state index is 13.4. The maximum atomic E-state index is 13.4. The number of aryl methyl sites for hydroxylation is 1. The standard InChI is InChI=1S/C36H42ClN5O4/c1-3-4-5-6-7-8-9-10-11-12-13-33(46-34-20-25(2)14-18-30(34)37)35(44)40-29-17-19-31(32(43)22-29)42-36(45)41-28-16-15-26(23-38)27(21-28)24-39/h14-22,33,43H,3-13H2,1-2H3,(H,40,44)(H2,41,42,45). The Bertz CT molecular complexity index is 1560. The van der Waals surface area contributed by atoms with Gasteiger partial charge in [0.15, 0.2) is 6.10 Å². The van der Waals surface area contributed by atoms with Crippen LogP contribution in [0.3, 0.4) is 0 Å². The number of benzene rings is 3. The highest BCUT2D eigenvalue weighted by Crippen LogP contribution is 2.30. The molecule has 9 nitrogen and oxygen atoms in total. The smallest absolute Gasteiger partial charge is 0.323 e. The number of hydrogen-bond acceptors (Lipinski definition) is 6. The number of carbonyl (C=O) groups excluding carboxylic acids is 2. The fourth-order valence-corrected chi connectivity index (χ4v) is 5.11. The summed E-state index contributed by atoms with van der Waals surface area (Å²) in [5, 5.41) is 37.2. The Morgan fingerprint density at radius 3 is 2.09 bits per heavy atom. The lowest BCUT2D eigenvalue weighted by Crippen LogP contribution is -2.33. The Hall–Kier alpha value is -4.73. The molecule has 0 aliphatic heterocycles. The third-order valence-corrected chi connectivity index (χ3v) is 7.81. The minimum absolute atomic E-state index is 0.106. The summed E-state index contributed by atoms with van der Waals surface area (Å²) in [6, 6.07) is 17.2. The fraction of sp³-hybridized carbons (Fsp3) is 0.389. The van der Waals surface area contributed by atoms with E-state index in [9.17, 15) is 20.0 Å². The molecular formula is C36H42ClN5O4. The van der Waals surface area contributed by atoms with Crippen LogP contribution in [0.15, 0.2) is 54.6 Å². The zero-order chi connectivity index (χ0) is 33.3. The number of aromatic hydroxyl groups is 1. The van der Waals surface area contributed by atoms with Crippen molar-refractivity contribution in [3.05, 3.63) is 76.3 Å². The number of nitriles is 2. The van der Waals surface area contributed by atoms with Gasteiger partial charge in [0, 0.05) is 17.4 Å². The number of anilines is 3. The third kappa shape index (κ3) is 11.6. The molecule has 0 aliphatic rings. The first-order valence-corrected chi connectivity index (χ1v) is 16.2. The van der Waals surface area contributed by atoms with Gasteiger partial charge in [0.25, 0.3) is 5.91 Å². The average Bonchev–Trinajstić information content (AvgIpc) is 3.04. The SMILES string of the molecule is CCCCCCCCCCCCC(Oc1cc(C)ccc1Cl)C(=O)Nc1ccc(NC(=O)Nc2ccc(C#N)c(C#N)c2)c(O)c1. The topological polar surface area (TPSA) is 147 Å². The van der Waals surface area contributed by atoms with Crippen molar-refractivity contribution in [1.82, 2.24) is 0 Å². The predicted molar refractivity (Wildman–Crippen MR) is 182 cm³/mol. The number of ether oxygens (including phenoxy) is 1. The monoisotopic (exact) mass is 643 g/mol. The van der Waals surface area contributed by atoms with E-state index in [4.69, 9.17) is 21.6 Å². The van der Waals surface area contributed by atoms with Crippen molar-refractivity contribution in [2.75, 3.05) is 16.0 Å². The van der Waals surface area contributed by atoms with Crippen LogP contribution in [0.2, 0.25) is 5.02 Å². The average molecular weight is 644 g/mol. The van der Waals surface area contributed by atoms with Gasteiger partial charge in [-0.05, 0) is 67.8 Å². The molecule has 0 aliphatic carbocycles. The molecule has 0 saturated heterocycles. The molecule has 0 heterocycles. The van der Waals surface area contributed by atoms with E-state index < -0.39 is 12.1 Å². The van der Waals surface area contributed by atoms with Gasteiger partial charge in [-0.15, -0.1) is 0 Å². The molecule has 46 heavy (non-hydrogen) atoms. The van der Waals surface area contributed by atoms with Crippen LogP contribution in [-0.4, -0.2) is 23.1 Å². The van der Waals surface area contributed by atoms with E-state index in [2.05, 4.69) is 22.9 Å². The van der Waals surface area contributed by atoms with E-state index in [1.54, 1.807) is 18.2 Å². The summed E-state index contributed by atoms with van der Waals surface area (Å²) in [6.45, 7) is 4.15. The number of unbranched alkanes of at least 4 members (excludes halogenated alkanes) is 9. The Kier molecular flexibility index (Phi) is 14.7. The van der Waals surface area contributed by atoms with Crippen molar-refractivity contribution in [2.45, 2.75) is 90.6 Å². The molecule has 1 atom stereocenters. The maximum Gasteiger partial charge on any atom is 0.323 e. The van der Waals surface area contributed by atoms with Gasteiger partial charge < -0.3 is 25.8 Å². The largest absolute Gasteiger partial charge is 0.506 e. The molecule has 242 valence electrons. The van der Waals surface area contributed by atoms with Gasteiger partial charge >= 0.3 is 6.03 Å².